The zero-order chi connectivity index (χ0) is 14.2. The van der Waals surface area contributed by atoms with E-state index in [2.05, 4.69) is 25.2 Å². The predicted molar refractivity (Wildman–Crippen MR) is 80.7 cm³/mol. The molecule has 0 spiro atoms. The normalized spacial score (nSPS) is 19.3. The summed E-state index contributed by atoms with van der Waals surface area (Å²) in [5.74, 6) is 0.955. The molecule has 1 aliphatic heterocycles. The van der Waals surface area contributed by atoms with Crippen molar-refractivity contribution in [3.8, 4) is 0 Å². The average molecular weight is 301 g/mol. The van der Waals surface area contributed by atoms with Crippen LogP contribution in [-0.4, -0.2) is 39.0 Å². The Kier molecular flexibility index (Phi) is 3.08. The van der Waals surface area contributed by atoms with E-state index in [0.29, 0.717) is 6.61 Å². The number of morpholine rings is 1. The maximum atomic E-state index is 5.88. The Morgan fingerprint density at radius 2 is 2.38 bits per heavy atom. The minimum atomic E-state index is 0.0161. The molecule has 108 valence electrons. The minimum Gasteiger partial charge on any atom is -0.367 e. The van der Waals surface area contributed by atoms with Crippen LogP contribution in [-0.2, 0) is 4.74 Å². The van der Waals surface area contributed by atoms with Crippen LogP contribution >= 0.6 is 11.3 Å². The topological polar surface area (TPSA) is 55.6 Å². The third kappa shape index (κ3) is 2.28. The molecule has 0 radical (unpaired) electrons. The first-order valence-electron chi connectivity index (χ1n) is 6.86. The average Bonchev–Trinajstić information content (AvgIpc) is 3.15. The molecule has 0 amide bonds. The van der Waals surface area contributed by atoms with Crippen LogP contribution in [0.25, 0.3) is 5.52 Å². The van der Waals surface area contributed by atoms with Crippen LogP contribution in [0.2, 0.25) is 0 Å². The Balaban J connectivity index is 1.65. The lowest BCUT2D eigenvalue weighted by atomic mass is 10.2. The van der Waals surface area contributed by atoms with Crippen LogP contribution in [0, 0.1) is 6.92 Å². The predicted octanol–water partition coefficient (Wildman–Crippen LogP) is 2.07. The summed E-state index contributed by atoms with van der Waals surface area (Å²) < 4.78 is 7.87. The summed E-state index contributed by atoms with van der Waals surface area (Å²) in [5, 5.41) is 3.10. The van der Waals surface area contributed by atoms with Gasteiger partial charge >= 0.3 is 0 Å². The van der Waals surface area contributed by atoms with Gasteiger partial charge < -0.3 is 14.0 Å². The van der Waals surface area contributed by atoms with Crippen LogP contribution in [0.15, 0.2) is 30.3 Å². The van der Waals surface area contributed by atoms with Gasteiger partial charge in [0.2, 0.25) is 0 Å². The highest BCUT2D eigenvalue weighted by molar-refractivity contribution is 7.09. The lowest BCUT2D eigenvalue weighted by Gasteiger charge is -2.33. The van der Waals surface area contributed by atoms with E-state index in [1.165, 1.54) is 0 Å². The highest BCUT2D eigenvalue weighted by atomic mass is 32.1. The lowest BCUT2D eigenvalue weighted by Crippen LogP contribution is -2.39. The van der Waals surface area contributed by atoms with E-state index in [4.69, 9.17) is 4.74 Å². The molecule has 0 N–H and O–H groups in total. The third-order valence-electron chi connectivity index (χ3n) is 3.60. The number of hydrogen-bond donors (Lipinski definition) is 0. The van der Waals surface area contributed by atoms with E-state index in [1.807, 2.05) is 29.9 Å². The Hall–Kier alpha value is -1.99. The molecule has 0 bridgehead atoms. The molecular weight excluding hydrogens is 286 g/mol. The number of thiazole rings is 1. The summed E-state index contributed by atoms with van der Waals surface area (Å²) in [4.78, 5) is 15.5. The van der Waals surface area contributed by atoms with Crippen molar-refractivity contribution in [3.05, 3.63) is 41.0 Å². The van der Waals surface area contributed by atoms with Crippen molar-refractivity contribution in [2.75, 3.05) is 24.6 Å². The van der Waals surface area contributed by atoms with Crippen LogP contribution in [0.3, 0.4) is 0 Å². The number of rotatable bonds is 2. The summed E-state index contributed by atoms with van der Waals surface area (Å²) >= 11 is 1.66. The minimum absolute atomic E-state index is 0.0161. The maximum Gasteiger partial charge on any atom is 0.154 e. The monoisotopic (exact) mass is 301 g/mol. The molecule has 1 unspecified atom stereocenters. The molecule has 1 atom stereocenters. The van der Waals surface area contributed by atoms with E-state index >= 15 is 0 Å². The molecule has 0 aromatic carbocycles. The quantitative estimate of drug-likeness (QED) is 0.725. The molecule has 4 heterocycles. The van der Waals surface area contributed by atoms with E-state index in [-0.39, 0.29) is 6.10 Å². The van der Waals surface area contributed by atoms with Gasteiger partial charge in [0.05, 0.1) is 25.7 Å². The number of anilines is 1. The first-order valence-corrected chi connectivity index (χ1v) is 7.74. The van der Waals surface area contributed by atoms with Crippen LogP contribution in [0.1, 0.15) is 16.8 Å². The highest BCUT2D eigenvalue weighted by Gasteiger charge is 2.26. The third-order valence-corrected chi connectivity index (χ3v) is 4.65. The lowest BCUT2D eigenvalue weighted by molar-refractivity contribution is 0.0394. The van der Waals surface area contributed by atoms with Crippen molar-refractivity contribution < 1.29 is 4.74 Å². The molecule has 3 aromatic heterocycles. The SMILES string of the molecule is Cc1csc(C2CN(c3nccn4cncc34)CCO2)n1. The van der Waals surface area contributed by atoms with Crippen molar-refractivity contribution >= 4 is 22.7 Å². The summed E-state index contributed by atoms with van der Waals surface area (Å²) in [7, 11) is 0. The Morgan fingerprint density at radius 1 is 1.43 bits per heavy atom. The van der Waals surface area contributed by atoms with Crippen molar-refractivity contribution in [1.82, 2.24) is 19.4 Å². The van der Waals surface area contributed by atoms with Gasteiger partial charge in [-0.2, -0.15) is 0 Å². The number of fused-ring (bicyclic) bond motifs is 1. The number of ether oxygens (including phenoxy) is 1. The maximum absolute atomic E-state index is 5.88. The van der Waals surface area contributed by atoms with Gasteiger partial charge in [0.25, 0.3) is 0 Å². The largest absolute Gasteiger partial charge is 0.367 e. The summed E-state index contributed by atoms with van der Waals surface area (Å²) in [6.07, 6.45) is 7.38. The first-order chi connectivity index (χ1) is 10.3. The highest BCUT2D eigenvalue weighted by Crippen LogP contribution is 2.28. The second kappa shape index (κ2) is 5.09. The first kappa shape index (κ1) is 12.7. The van der Waals surface area contributed by atoms with Gasteiger partial charge in [0.1, 0.15) is 16.6 Å². The summed E-state index contributed by atoms with van der Waals surface area (Å²) in [6.45, 7) is 4.29. The molecule has 3 aromatic rings. The van der Waals surface area contributed by atoms with E-state index in [9.17, 15) is 0 Å². The van der Waals surface area contributed by atoms with Crippen molar-refractivity contribution in [2.45, 2.75) is 13.0 Å². The van der Waals surface area contributed by atoms with Crippen LogP contribution < -0.4 is 4.90 Å². The Labute approximate surface area is 126 Å². The van der Waals surface area contributed by atoms with Crippen LogP contribution in [0.4, 0.5) is 5.82 Å². The standard InChI is InChI=1S/C14H15N5OS/c1-10-8-21-14(17-10)12-7-18(4-5-20-12)13-11-6-15-9-19(11)3-2-16-13/h2-3,6,8-9,12H,4-5,7H2,1H3. The fraction of sp³-hybridized carbons (Fsp3) is 0.357. The second-order valence-corrected chi connectivity index (χ2v) is 5.96. The smallest absolute Gasteiger partial charge is 0.154 e. The van der Waals surface area contributed by atoms with Gasteiger partial charge in [-0.05, 0) is 6.92 Å². The Bertz CT molecular complexity index is 767. The van der Waals surface area contributed by atoms with Gasteiger partial charge in [-0.25, -0.2) is 15.0 Å². The number of imidazole rings is 1. The molecule has 1 saturated heterocycles. The number of hydrogen-bond acceptors (Lipinski definition) is 6. The molecule has 6 nitrogen and oxygen atoms in total. The molecule has 0 saturated carbocycles. The Morgan fingerprint density at radius 3 is 3.24 bits per heavy atom. The zero-order valence-electron chi connectivity index (χ0n) is 11.6. The summed E-state index contributed by atoms with van der Waals surface area (Å²) in [6, 6.07) is 0. The zero-order valence-corrected chi connectivity index (χ0v) is 12.5. The van der Waals surface area contributed by atoms with Gasteiger partial charge in [0, 0.05) is 30.0 Å². The number of nitrogens with zero attached hydrogens (tertiary/aromatic N) is 5. The van der Waals surface area contributed by atoms with E-state index in [1.54, 1.807) is 17.7 Å². The molecule has 4 rings (SSSR count). The number of aromatic nitrogens is 4. The molecule has 1 aliphatic rings. The van der Waals surface area contributed by atoms with E-state index < -0.39 is 0 Å². The van der Waals surface area contributed by atoms with Crippen molar-refractivity contribution in [1.29, 1.82) is 0 Å². The second-order valence-electron chi connectivity index (χ2n) is 5.07. The van der Waals surface area contributed by atoms with Gasteiger partial charge in [-0.3, -0.25) is 0 Å². The number of aryl methyl sites for hydroxylation is 1. The molecule has 7 heteroatoms. The fourth-order valence-electron chi connectivity index (χ4n) is 2.59. The summed E-state index contributed by atoms with van der Waals surface area (Å²) in [5.41, 5.74) is 2.07. The molecule has 21 heavy (non-hydrogen) atoms. The van der Waals surface area contributed by atoms with Gasteiger partial charge in [-0.15, -0.1) is 11.3 Å². The van der Waals surface area contributed by atoms with E-state index in [0.717, 1.165) is 35.1 Å². The van der Waals surface area contributed by atoms with Crippen molar-refractivity contribution in [2.24, 2.45) is 0 Å². The molecule has 1 fully saturated rings. The van der Waals surface area contributed by atoms with Gasteiger partial charge in [-0.1, -0.05) is 0 Å². The van der Waals surface area contributed by atoms with Crippen LogP contribution in [0.5, 0.6) is 0 Å². The molecular formula is C14H15N5OS. The fourth-order valence-corrected chi connectivity index (χ4v) is 3.43. The van der Waals surface area contributed by atoms with Crippen molar-refractivity contribution in [3.63, 3.8) is 0 Å². The molecule has 0 aliphatic carbocycles. The van der Waals surface area contributed by atoms with Gasteiger partial charge in [0.15, 0.2) is 5.82 Å².